The fourth-order valence-electron chi connectivity index (χ4n) is 0.948. The molecule has 14 heavy (non-hydrogen) atoms. The normalized spacial score (nSPS) is 12.1. The molecule has 0 amide bonds. The number of ether oxygens (including phenoxy) is 1. The number of esters is 1. The molecule has 0 fully saturated rings. The van der Waals surface area contributed by atoms with Gasteiger partial charge >= 0.3 is 5.97 Å². The third-order valence-corrected chi connectivity index (χ3v) is 1.67. The lowest BCUT2D eigenvalue weighted by molar-refractivity contribution is -0.143. The zero-order valence-electron chi connectivity index (χ0n) is 7.72. The first-order valence-corrected chi connectivity index (χ1v) is 4.39. The van der Waals surface area contributed by atoms with E-state index in [1.54, 1.807) is 24.3 Å². The van der Waals surface area contributed by atoms with Crippen molar-refractivity contribution in [1.29, 1.82) is 0 Å². The molecule has 76 valence electrons. The van der Waals surface area contributed by atoms with E-state index in [9.17, 15) is 9.90 Å². The topological polar surface area (TPSA) is 72.5 Å². The van der Waals surface area contributed by atoms with Gasteiger partial charge in [0.25, 0.3) is 0 Å². The number of carbonyl (C=O) groups is 1. The Balaban J connectivity index is 2.49. The van der Waals surface area contributed by atoms with Gasteiger partial charge in [0.1, 0.15) is 5.75 Å². The number of nitrogens with two attached hydrogens (primary N) is 1. The van der Waals surface area contributed by atoms with Gasteiger partial charge in [-0.25, -0.2) is 4.79 Å². The molecule has 0 heterocycles. The second-order valence-corrected chi connectivity index (χ2v) is 2.83. The summed E-state index contributed by atoms with van der Waals surface area (Å²) in [6, 6.07) is 8.60. The summed E-state index contributed by atoms with van der Waals surface area (Å²) in [5.74, 6) is -0.241. The van der Waals surface area contributed by atoms with Crippen LogP contribution in [0.1, 0.15) is 6.42 Å². The molecule has 1 aromatic rings. The lowest BCUT2D eigenvalue weighted by Gasteiger charge is -2.08. The molecule has 0 bridgehead atoms. The maximum Gasteiger partial charge on any atom is 0.340 e. The number of rotatable bonds is 4. The molecule has 3 N–H and O–H groups in total. The maximum absolute atomic E-state index is 11.2. The Morgan fingerprint density at radius 1 is 1.43 bits per heavy atom. The molecule has 0 aliphatic heterocycles. The van der Waals surface area contributed by atoms with Crippen molar-refractivity contribution in [3.8, 4) is 5.75 Å². The molecular weight excluding hydrogens is 182 g/mol. The van der Waals surface area contributed by atoms with Gasteiger partial charge in [-0.15, -0.1) is 0 Å². The van der Waals surface area contributed by atoms with Crippen LogP contribution in [0.2, 0.25) is 0 Å². The Bertz CT molecular complexity index is 287. The van der Waals surface area contributed by atoms with Crippen molar-refractivity contribution in [2.24, 2.45) is 5.73 Å². The summed E-state index contributed by atoms with van der Waals surface area (Å²) in [4.78, 5) is 11.2. The predicted octanol–water partition coefficient (Wildman–Crippen LogP) is 0.302. The molecule has 0 aliphatic carbocycles. The number of carbonyl (C=O) groups excluding carboxylic acids is 1. The summed E-state index contributed by atoms with van der Waals surface area (Å²) < 4.78 is 4.88. The first-order valence-electron chi connectivity index (χ1n) is 4.39. The Kier molecular flexibility index (Phi) is 4.10. The van der Waals surface area contributed by atoms with Gasteiger partial charge in [-0.1, -0.05) is 18.2 Å². The van der Waals surface area contributed by atoms with E-state index in [1.165, 1.54) is 0 Å². The fourth-order valence-corrected chi connectivity index (χ4v) is 0.948. The SMILES string of the molecule is NCCC(O)C(=O)Oc1ccccc1. The lowest BCUT2D eigenvalue weighted by Crippen LogP contribution is -2.27. The van der Waals surface area contributed by atoms with Crippen molar-refractivity contribution >= 4 is 5.97 Å². The molecule has 4 nitrogen and oxygen atoms in total. The second-order valence-electron chi connectivity index (χ2n) is 2.83. The summed E-state index contributed by atoms with van der Waals surface area (Å²) in [5, 5.41) is 9.22. The van der Waals surface area contributed by atoms with Crippen LogP contribution in [-0.2, 0) is 4.79 Å². The lowest BCUT2D eigenvalue weighted by atomic mass is 10.2. The van der Waals surface area contributed by atoms with Gasteiger partial charge in [0.2, 0.25) is 0 Å². The summed E-state index contributed by atoms with van der Waals surface area (Å²) in [6.45, 7) is 0.255. The highest BCUT2D eigenvalue weighted by molar-refractivity contribution is 5.76. The van der Waals surface area contributed by atoms with Gasteiger partial charge < -0.3 is 15.6 Å². The average Bonchev–Trinajstić information content (AvgIpc) is 2.19. The van der Waals surface area contributed by atoms with Crippen molar-refractivity contribution in [3.63, 3.8) is 0 Å². The molecule has 0 saturated heterocycles. The number of aliphatic hydroxyl groups is 1. The van der Waals surface area contributed by atoms with E-state index in [1.807, 2.05) is 6.07 Å². The van der Waals surface area contributed by atoms with Gasteiger partial charge in [-0.2, -0.15) is 0 Å². The van der Waals surface area contributed by atoms with Crippen LogP contribution in [0.3, 0.4) is 0 Å². The van der Waals surface area contributed by atoms with E-state index >= 15 is 0 Å². The molecule has 1 atom stereocenters. The molecule has 1 rings (SSSR count). The first kappa shape index (κ1) is 10.7. The van der Waals surface area contributed by atoms with Crippen molar-refractivity contribution in [3.05, 3.63) is 30.3 Å². The maximum atomic E-state index is 11.2. The van der Waals surface area contributed by atoms with Crippen molar-refractivity contribution in [2.45, 2.75) is 12.5 Å². The van der Waals surface area contributed by atoms with E-state index in [4.69, 9.17) is 10.5 Å². The van der Waals surface area contributed by atoms with E-state index < -0.39 is 12.1 Å². The standard InChI is InChI=1S/C10H13NO3/c11-7-6-9(12)10(13)14-8-4-2-1-3-5-8/h1-5,9,12H,6-7,11H2. The Hall–Kier alpha value is -1.39. The van der Waals surface area contributed by atoms with Crippen LogP contribution in [0, 0.1) is 0 Å². The van der Waals surface area contributed by atoms with E-state index in [0.717, 1.165) is 0 Å². The number of hydrogen-bond donors (Lipinski definition) is 2. The predicted molar refractivity (Wildman–Crippen MR) is 51.8 cm³/mol. The molecule has 0 aromatic heterocycles. The monoisotopic (exact) mass is 195 g/mol. The zero-order valence-corrected chi connectivity index (χ0v) is 7.72. The third-order valence-electron chi connectivity index (χ3n) is 1.67. The number of aliphatic hydroxyl groups excluding tert-OH is 1. The fraction of sp³-hybridized carbons (Fsp3) is 0.300. The van der Waals surface area contributed by atoms with E-state index in [2.05, 4.69) is 0 Å². The van der Waals surface area contributed by atoms with Crippen LogP contribution < -0.4 is 10.5 Å². The summed E-state index contributed by atoms with van der Waals surface area (Å²) >= 11 is 0. The third kappa shape index (κ3) is 3.16. The number of para-hydroxylation sites is 1. The Labute approximate surface area is 82.3 Å². The van der Waals surface area contributed by atoms with Crippen LogP contribution in [0.15, 0.2) is 30.3 Å². The van der Waals surface area contributed by atoms with Crippen molar-refractivity contribution in [2.75, 3.05) is 6.54 Å². The minimum absolute atomic E-state index is 0.214. The van der Waals surface area contributed by atoms with Gasteiger partial charge in [0.15, 0.2) is 6.10 Å². The van der Waals surface area contributed by atoms with Gasteiger partial charge in [0.05, 0.1) is 0 Å². The van der Waals surface area contributed by atoms with Gasteiger partial charge in [-0.3, -0.25) is 0 Å². The average molecular weight is 195 g/mol. The van der Waals surface area contributed by atoms with Gasteiger partial charge in [0, 0.05) is 0 Å². The minimum atomic E-state index is -1.14. The highest BCUT2D eigenvalue weighted by Crippen LogP contribution is 2.09. The molecule has 0 aliphatic rings. The summed E-state index contributed by atoms with van der Waals surface area (Å²) in [7, 11) is 0. The summed E-state index contributed by atoms with van der Waals surface area (Å²) in [6.07, 6.45) is -0.925. The van der Waals surface area contributed by atoms with E-state index in [-0.39, 0.29) is 13.0 Å². The Morgan fingerprint density at radius 3 is 2.64 bits per heavy atom. The van der Waals surface area contributed by atoms with Crippen LogP contribution in [0.25, 0.3) is 0 Å². The number of hydrogen-bond acceptors (Lipinski definition) is 4. The molecule has 0 spiro atoms. The minimum Gasteiger partial charge on any atom is -0.425 e. The smallest absolute Gasteiger partial charge is 0.340 e. The van der Waals surface area contributed by atoms with Crippen molar-refractivity contribution in [1.82, 2.24) is 0 Å². The number of benzene rings is 1. The molecule has 0 saturated carbocycles. The second kappa shape index (κ2) is 5.36. The van der Waals surface area contributed by atoms with Crippen molar-refractivity contribution < 1.29 is 14.6 Å². The van der Waals surface area contributed by atoms with Gasteiger partial charge in [-0.05, 0) is 25.1 Å². The zero-order chi connectivity index (χ0) is 10.4. The molecule has 4 heteroatoms. The van der Waals surface area contributed by atoms with Crippen LogP contribution in [-0.4, -0.2) is 23.7 Å². The molecular formula is C10H13NO3. The van der Waals surface area contributed by atoms with E-state index in [0.29, 0.717) is 5.75 Å². The van der Waals surface area contributed by atoms with Crippen LogP contribution in [0.4, 0.5) is 0 Å². The molecule has 1 aromatic carbocycles. The molecule has 1 unspecified atom stereocenters. The largest absolute Gasteiger partial charge is 0.425 e. The highest BCUT2D eigenvalue weighted by atomic mass is 16.5. The highest BCUT2D eigenvalue weighted by Gasteiger charge is 2.15. The Morgan fingerprint density at radius 2 is 2.07 bits per heavy atom. The summed E-state index contributed by atoms with van der Waals surface area (Å²) in [5.41, 5.74) is 5.19. The van der Waals surface area contributed by atoms with Crippen LogP contribution in [0.5, 0.6) is 5.75 Å². The first-order chi connectivity index (χ1) is 6.74. The quantitative estimate of drug-likeness (QED) is 0.535. The van der Waals surface area contributed by atoms with Crippen LogP contribution >= 0.6 is 0 Å². The molecule has 0 radical (unpaired) electrons.